The number of benzene rings is 1. The second kappa shape index (κ2) is 7.51. The Kier molecular flexibility index (Phi) is 5.33. The molecule has 136 valence electrons. The topological polar surface area (TPSA) is 75.7 Å². The number of anilines is 2. The lowest BCUT2D eigenvalue weighted by Gasteiger charge is -2.14. The van der Waals surface area contributed by atoms with Crippen molar-refractivity contribution >= 4 is 50.9 Å². The third kappa shape index (κ3) is 3.34. The van der Waals surface area contributed by atoms with Gasteiger partial charge in [0.2, 0.25) is 0 Å². The highest BCUT2D eigenvalue weighted by Crippen LogP contribution is 2.38. The maximum Gasteiger partial charge on any atom is 0.341 e. The van der Waals surface area contributed by atoms with E-state index in [2.05, 4.69) is 5.32 Å². The number of para-hydroxylation sites is 1. The van der Waals surface area contributed by atoms with Crippen LogP contribution in [-0.4, -0.2) is 29.1 Å². The lowest BCUT2D eigenvalue weighted by Crippen LogP contribution is -2.34. The fourth-order valence-corrected chi connectivity index (χ4v) is 4.65. The highest BCUT2D eigenvalue weighted by atomic mass is 32.2. The molecule has 1 aliphatic heterocycles. The summed E-state index contributed by atoms with van der Waals surface area (Å²) in [6.45, 7) is 5.75. The van der Waals surface area contributed by atoms with Gasteiger partial charge in [0.05, 0.1) is 17.9 Å². The van der Waals surface area contributed by atoms with Gasteiger partial charge in [-0.3, -0.25) is 9.59 Å². The van der Waals surface area contributed by atoms with Crippen molar-refractivity contribution in [1.29, 1.82) is 0 Å². The van der Waals surface area contributed by atoms with Crippen LogP contribution in [0.5, 0.6) is 0 Å². The first-order valence-electron chi connectivity index (χ1n) is 8.07. The second-order valence-corrected chi connectivity index (χ2v) is 7.91. The van der Waals surface area contributed by atoms with Gasteiger partial charge in [0.25, 0.3) is 11.1 Å². The van der Waals surface area contributed by atoms with Crippen molar-refractivity contribution in [1.82, 2.24) is 0 Å². The standard InChI is InChI=1S/C18H18N2O4S2/c1-4-24-17(22)13-10(2)11(3)25-14(13)19-15-16(21)20(18(23)26-15)12-8-6-5-7-9-12/h5-9,15,19H,4H2,1-3H3/t15-/m0/s1. The summed E-state index contributed by atoms with van der Waals surface area (Å²) < 4.78 is 5.12. The van der Waals surface area contributed by atoms with E-state index in [0.29, 0.717) is 16.3 Å². The van der Waals surface area contributed by atoms with Gasteiger partial charge in [-0.2, -0.15) is 0 Å². The van der Waals surface area contributed by atoms with Crippen molar-refractivity contribution in [2.24, 2.45) is 0 Å². The Morgan fingerprint density at radius 2 is 1.92 bits per heavy atom. The molecule has 1 saturated heterocycles. The molecule has 2 heterocycles. The molecule has 0 aliphatic carbocycles. The number of amides is 2. The predicted octanol–water partition coefficient (Wildman–Crippen LogP) is 4.18. The quantitative estimate of drug-likeness (QED) is 0.772. The number of nitrogens with one attached hydrogen (secondary N) is 1. The third-order valence-corrected chi connectivity index (χ3v) is 6.07. The molecule has 1 aromatic carbocycles. The Bertz CT molecular complexity index is 864. The van der Waals surface area contributed by atoms with Gasteiger partial charge in [-0.25, -0.2) is 9.69 Å². The summed E-state index contributed by atoms with van der Waals surface area (Å²) in [5.41, 5.74) is 1.77. The average molecular weight is 390 g/mol. The van der Waals surface area contributed by atoms with Gasteiger partial charge in [-0.15, -0.1) is 11.3 Å². The smallest absolute Gasteiger partial charge is 0.341 e. The Balaban J connectivity index is 1.86. The first kappa shape index (κ1) is 18.5. The number of thioether (sulfide) groups is 1. The first-order valence-corrected chi connectivity index (χ1v) is 9.77. The van der Waals surface area contributed by atoms with Crippen molar-refractivity contribution < 1.29 is 19.1 Å². The van der Waals surface area contributed by atoms with Crippen LogP contribution in [0.4, 0.5) is 15.5 Å². The predicted molar refractivity (Wildman–Crippen MR) is 104 cm³/mol. The zero-order valence-corrected chi connectivity index (χ0v) is 16.2. The number of esters is 1. The molecule has 3 rings (SSSR count). The number of nitrogens with zero attached hydrogens (tertiary/aromatic N) is 1. The van der Waals surface area contributed by atoms with Crippen molar-refractivity contribution in [2.45, 2.75) is 26.1 Å². The Hall–Kier alpha value is -2.32. The van der Waals surface area contributed by atoms with Crippen LogP contribution in [0.25, 0.3) is 0 Å². The van der Waals surface area contributed by atoms with E-state index in [-0.39, 0.29) is 17.8 Å². The number of ether oxygens (including phenoxy) is 1. The molecule has 2 amide bonds. The SMILES string of the molecule is CCOC(=O)c1c(N[C@H]2SC(=O)N(c3ccccc3)C2=O)sc(C)c1C. The maximum atomic E-state index is 12.7. The number of imide groups is 1. The van der Waals surface area contributed by atoms with Gasteiger partial charge >= 0.3 is 5.97 Å². The van der Waals surface area contributed by atoms with Crippen LogP contribution >= 0.6 is 23.1 Å². The zero-order chi connectivity index (χ0) is 18.8. The van der Waals surface area contributed by atoms with Crippen molar-refractivity contribution in [2.75, 3.05) is 16.8 Å². The van der Waals surface area contributed by atoms with Crippen molar-refractivity contribution in [3.63, 3.8) is 0 Å². The lowest BCUT2D eigenvalue weighted by molar-refractivity contribution is -0.116. The minimum absolute atomic E-state index is 0.268. The number of carbonyl (C=O) groups excluding carboxylic acids is 3. The highest BCUT2D eigenvalue weighted by molar-refractivity contribution is 8.16. The summed E-state index contributed by atoms with van der Waals surface area (Å²) >= 11 is 2.28. The highest BCUT2D eigenvalue weighted by Gasteiger charge is 2.41. The molecule has 0 unspecified atom stereocenters. The summed E-state index contributed by atoms with van der Waals surface area (Å²) in [5, 5.41) is 2.48. The summed E-state index contributed by atoms with van der Waals surface area (Å²) in [4.78, 5) is 39.4. The van der Waals surface area contributed by atoms with Crippen LogP contribution in [0, 0.1) is 13.8 Å². The molecule has 0 spiro atoms. The summed E-state index contributed by atoms with van der Waals surface area (Å²) in [6.07, 6.45) is 0. The van der Waals surface area contributed by atoms with Gasteiger partial charge in [-0.05, 0) is 50.2 Å². The molecule has 1 aliphatic rings. The largest absolute Gasteiger partial charge is 0.462 e. The van der Waals surface area contributed by atoms with Crippen molar-refractivity contribution in [3.8, 4) is 0 Å². The Morgan fingerprint density at radius 1 is 1.23 bits per heavy atom. The molecule has 0 bridgehead atoms. The zero-order valence-electron chi connectivity index (χ0n) is 14.6. The molecule has 6 nitrogen and oxygen atoms in total. The Morgan fingerprint density at radius 3 is 2.58 bits per heavy atom. The summed E-state index contributed by atoms with van der Waals surface area (Å²) in [6, 6.07) is 8.78. The summed E-state index contributed by atoms with van der Waals surface area (Å²) in [7, 11) is 0. The van der Waals surface area contributed by atoms with Crippen LogP contribution in [0.2, 0.25) is 0 Å². The van der Waals surface area contributed by atoms with Crippen LogP contribution in [0.1, 0.15) is 27.7 Å². The van der Waals surface area contributed by atoms with Crippen LogP contribution < -0.4 is 10.2 Å². The van der Waals surface area contributed by atoms with Crippen LogP contribution in [0.3, 0.4) is 0 Å². The molecule has 2 aromatic rings. The minimum atomic E-state index is -0.784. The van der Waals surface area contributed by atoms with E-state index in [9.17, 15) is 14.4 Å². The second-order valence-electron chi connectivity index (χ2n) is 5.63. The molecule has 0 saturated carbocycles. The van der Waals surface area contributed by atoms with E-state index in [1.807, 2.05) is 19.9 Å². The van der Waals surface area contributed by atoms with Crippen LogP contribution in [-0.2, 0) is 9.53 Å². The fourth-order valence-electron chi connectivity index (χ4n) is 2.61. The van der Waals surface area contributed by atoms with E-state index >= 15 is 0 Å². The molecule has 1 N–H and O–H groups in total. The minimum Gasteiger partial charge on any atom is -0.462 e. The third-order valence-electron chi connectivity index (χ3n) is 3.99. The van der Waals surface area contributed by atoms with Gasteiger partial charge < -0.3 is 10.1 Å². The Labute approximate surface area is 159 Å². The van der Waals surface area contributed by atoms with Crippen LogP contribution in [0.15, 0.2) is 30.3 Å². The van der Waals surface area contributed by atoms with E-state index in [0.717, 1.165) is 27.1 Å². The maximum absolute atomic E-state index is 12.7. The number of hydrogen-bond donors (Lipinski definition) is 1. The van der Waals surface area contributed by atoms with E-state index in [4.69, 9.17) is 4.74 Å². The molecule has 1 aromatic heterocycles. The molecule has 26 heavy (non-hydrogen) atoms. The van der Waals surface area contributed by atoms with Crippen molar-refractivity contribution in [3.05, 3.63) is 46.3 Å². The monoisotopic (exact) mass is 390 g/mol. The number of aryl methyl sites for hydroxylation is 1. The molecule has 8 heteroatoms. The molecule has 0 radical (unpaired) electrons. The molecule has 1 fully saturated rings. The normalized spacial score (nSPS) is 16.9. The fraction of sp³-hybridized carbons (Fsp3) is 0.278. The number of hydrogen-bond acceptors (Lipinski definition) is 7. The number of carbonyl (C=O) groups is 3. The molecule has 1 atom stereocenters. The lowest BCUT2D eigenvalue weighted by atomic mass is 10.1. The van der Waals surface area contributed by atoms with Gasteiger partial charge in [0.15, 0.2) is 5.37 Å². The van der Waals surface area contributed by atoms with E-state index in [1.54, 1.807) is 31.2 Å². The molecular weight excluding hydrogens is 372 g/mol. The van der Waals surface area contributed by atoms with E-state index in [1.165, 1.54) is 11.3 Å². The van der Waals surface area contributed by atoms with E-state index < -0.39 is 11.3 Å². The summed E-state index contributed by atoms with van der Waals surface area (Å²) in [5.74, 6) is -0.789. The number of rotatable bonds is 5. The van der Waals surface area contributed by atoms with Gasteiger partial charge in [0.1, 0.15) is 5.00 Å². The average Bonchev–Trinajstić information content (AvgIpc) is 3.04. The van der Waals surface area contributed by atoms with Gasteiger partial charge in [-0.1, -0.05) is 18.2 Å². The first-order chi connectivity index (χ1) is 12.4. The van der Waals surface area contributed by atoms with Gasteiger partial charge in [0, 0.05) is 4.88 Å². The number of thiophene rings is 1. The molecular formula is C18H18N2O4S2.